The standard InChI is InChI=1S/C13H22N4S.ClH/c14-13-15-7-12(18-13)10-17-6-3-11(9-17)8-16-4-1-2-5-16;/h7,11H,1-6,8-10H2,(H2,14,15);1H. The van der Waals surface area contributed by atoms with Crippen LogP contribution in [0.4, 0.5) is 5.13 Å². The molecule has 1 unspecified atom stereocenters. The molecule has 4 nitrogen and oxygen atoms in total. The largest absolute Gasteiger partial charge is 0.375 e. The van der Waals surface area contributed by atoms with Gasteiger partial charge in [-0.2, -0.15) is 0 Å². The summed E-state index contributed by atoms with van der Waals surface area (Å²) in [5.41, 5.74) is 5.67. The van der Waals surface area contributed by atoms with Crippen LogP contribution in [0.1, 0.15) is 24.1 Å². The van der Waals surface area contributed by atoms with E-state index in [1.54, 1.807) is 11.3 Å². The molecule has 0 amide bonds. The summed E-state index contributed by atoms with van der Waals surface area (Å²) >= 11 is 1.62. The summed E-state index contributed by atoms with van der Waals surface area (Å²) in [6, 6.07) is 0. The maximum Gasteiger partial charge on any atom is 0.180 e. The molecule has 1 aromatic heterocycles. The van der Waals surface area contributed by atoms with Gasteiger partial charge in [-0.1, -0.05) is 0 Å². The Morgan fingerprint density at radius 3 is 2.74 bits per heavy atom. The summed E-state index contributed by atoms with van der Waals surface area (Å²) in [5.74, 6) is 0.869. The molecule has 19 heavy (non-hydrogen) atoms. The van der Waals surface area contributed by atoms with Crippen molar-refractivity contribution in [2.75, 3.05) is 38.5 Å². The molecule has 2 saturated heterocycles. The zero-order chi connectivity index (χ0) is 12.4. The van der Waals surface area contributed by atoms with Gasteiger partial charge in [-0.05, 0) is 44.8 Å². The lowest BCUT2D eigenvalue weighted by molar-refractivity contribution is 0.261. The van der Waals surface area contributed by atoms with Gasteiger partial charge in [0.25, 0.3) is 0 Å². The molecule has 2 aliphatic heterocycles. The Labute approximate surface area is 125 Å². The average molecular weight is 303 g/mol. The summed E-state index contributed by atoms with van der Waals surface area (Å²) in [7, 11) is 0. The number of nitrogens with two attached hydrogens (primary N) is 1. The van der Waals surface area contributed by atoms with Crippen LogP contribution in [0.5, 0.6) is 0 Å². The lowest BCUT2D eigenvalue weighted by Crippen LogP contribution is -2.28. The number of rotatable bonds is 4. The Kier molecular flexibility index (Phi) is 5.45. The van der Waals surface area contributed by atoms with Crippen molar-refractivity contribution in [3.05, 3.63) is 11.1 Å². The molecule has 3 heterocycles. The van der Waals surface area contributed by atoms with Crippen molar-refractivity contribution < 1.29 is 0 Å². The van der Waals surface area contributed by atoms with Crippen LogP contribution in [-0.4, -0.2) is 47.5 Å². The molecular formula is C13H23ClN4S. The van der Waals surface area contributed by atoms with Crippen LogP contribution in [0.15, 0.2) is 6.20 Å². The van der Waals surface area contributed by atoms with Crippen molar-refractivity contribution in [3.63, 3.8) is 0 Å². The Bertz CT molecular complexity index is 392. The van der Waals surface area contributed by atoms with E-state index in [9.17, 15) is 0 Å². The highest BCUT2D eigenvalue weighted by Gasteiger charge is 2.25. The van der Waals surface area contributed by atoms with Gasteiger partial charge in [-0.15, -0.1) is 23.7 Å². The summed E-state index contributed by atoms with van der Waals surface area (Å²) in [5, 5.41) is 0.692. The fourth-order valence-corrected chi connectivity index (χ4v) is 3.88. The van der Waals surface area contributed by atoms with E-state index in [4.69, 9.17) is 5.73 Å². The van der Waals surface area contributed by atoms with Gasteiger partial charge in [0, 0.05) is 30.7 Å². The highest BCUT2D eigenvalue weighted by atomic mass is 35.5. The first kappa shape index (κ1) is 15.0. The van der Waals surface area contributed by atoms with Crippen molar-refractivity contribution in [2.24, 2.45) is 5.92 Å². The van der Waals surface area contributed by atoms with Gasteiger partial charge in [0.1, 0.15) is 0 Å². The van der Waals surface area contributed by atoms with Gasteiger partial charge in [0.05, 0.1) is 0 Å². The van der Waals surface area contributed by atoms with E-state index in [1.165, 1.54) is 56.9 Å². The molecule has 1 aromatic rings. The van der Waals surface area contributed by atoms with Crippen molar-refractivity contribution in [3.8, 4) is 0 Å². The van der Waals surface area contributed by atoms with Gasteiger partial charge in [0.15, 0.2) is 5.13 Å². The van der Waals surface area contributed by atoms with Crippen LogP contribution in [-0.2, 0) is 6.54 Å². The van der Waals surface area contributed by atoms with Gasteiger partial charge < -0.3 is 10.6 Å². The van der Waals surface area contributed by atoms with Gasteiger partial charge >= 0.3 is 0 Å². The topological polar surface area (TPSA) is 45.4 Å². The van der Waals surface area contributed by atoms with Crippen LogP contribution in [0.2, 0.25) is 0 Å². The third-order valence-electron chi connectivity index (χ3n) is 4.04. The van der Waals surface area contributed by atoms with Gasteiger partial charge in [-0.3, -0.25) is 4.90 Å². The first-order chi connectivity index (χ1) is 8.79. The molecule has 0 saturated carbocycles. The third-order valence-corrected chi connectivity index (χ3v) is 4.85. The van der Waals surface area contributed by atoms with Crippen LogP contribution < -0.4 is 5.73 Å². The Morgan fingerprint density at radius 2 is 2.05 bits per heavy atom. The molecule has 0 bridgehead atoms. The molecule has 3 rings (SSSR count). The van der Waals surface area contributed by atoms with E-state index in [1.807, 2.05) is 6.20 Å². The second-order valence-electron chi connectivity index (χ2n) is 5.56. The number of nitrogens with zero attached hydrogens (tertiary/aromatic N) is 3. The predicted molar refractivity (Wildman–Crippen MR) is 82.8 cm³/mol. The molecular weight excluding hydrogens is 280 g/mol. The molecule has 0 spiro atoms. The minimum Gasteiger partial charge on any atom is -0.375 e. The van der Waals surface area contributed by atoms with Crippen molar-refractivity contribution in [1.82, 2.24) is 14.8 Å². The smallest absolute Gasteiger partial charge is 0.180 e. The Morgan fingerprint density at radius 1 is 1.26 bits per heavy atom. The van der Waals surface area contributed by atoms with E-state index in [0.717, 1.165) is 12.5 Å². The number of aromatic nitrogens is 1. The third kappa shape index (κ3) is 4.05. The van der Waals surface area contributed by atoms with Crippen molar-refractivity contribution in [2.45, 2.75) is 25.8 Å². The summed E-state index contributed by atoms with van der Waals surface area (Å²) in [6.07, 6.45) is 6.08. The first-order valence-corrected chi connectivity index (χ1v) is 7.76. The molecule has 2 aliphatic rings. The fourth-order valence-electron chi connectivity index (χ4n) is 3.15. The summed E-state index contributed by atoms with van der Waals surface area (Å²) in [4.78, 5) is 10.6. The number of thiazole rings is 1. The van der Waals surface area contributed by atoms with E-state index < -0.39 is 0 Å². The number of halogens is 1. The predicted octanol–water partition coefficient (Wildman–Crippen LogP) is 2.06. The van der Waals surface area contributed by atoms with Crippen LogP contribution in [0.25, 0.3) is 0 Å². The second-order valence-corrected chi connectivity index (χ2v) is 6.71. The number of hydrogen-bond donors (Lipinski definition) is 1. The van der Waals surface area contributed by atoms with E-state index in [0.29, 0.717) is 5.13 Å². The van der Waals surface area contributed by atoms with Crippen LogP contribution in [0, 0.1) is 5.92 Å². The second kappa shape index (κ2) is 6.88. The lowest BCUT2D eigenvalue weighted by atomic mass is 10.1. The van der Waals surface area contributed by atoms with Crippen molar-refractivity contribution >= 4 is 28.9 Å². The quantitative estimate of drug-likeness (QED) is 0.925. The van der Waals surface area contributed by atoms with E-state index in [2.05, 4.69) is 14.8 Å². The maximum absolute atomic E-state index is 5.67. The zero-order valence-electron chi connectivity index (χ0n) is 11.3. The van der Waals surface area contributed by atoms with Gasteiger partial charge in [-0.25, -0.2) is 4.98 Å². The highest BCUT2D eigenvalue weighted by molar-refractivity contribution is 7.15. The number of anilines is 1. The van der Waals surface area contributed by atoms with Crippen LogP contribution in [0.3, 0.4) is 0 Å². The molecule has 108 valence electrons. The molecule has 6 heteroatoms. The number of hydrogen-bond acceptors (Lipinski definition) is 5. The SMILES string of the molecule is Cl.Nc1ncc(CN2CCC(CN3CCCC3)C2)s1. The van der Waals surface area contributed by atoms with E-state index in [-0.39, 0.29) is 12.4 Å². The molecule has 2 fully saturated rings. The normalized spacial score (nSPS) is 24.7. The van der Waals surface area contributed by atoms with Crippen LogP contribution >= 0.6 is 23.7 Å². The van der Waals surface area contributed by atoms with Gasteiger partial charge in [0.2, 0.25) is 0 Å². The average Bonchev–Trinajstić information content (AvgIpc) is 3.04. The molecule has 1 atom stereocenters. The minimum absolute atomic E-state index is 0. The Balaban J connectivity index is 0.00000133. The summed E-state index contributed by atoms with van der Waals surface area (Å²) < 4.78 is 0. The molecule has 0 aromatic carbocycles. The first-order valence-electron chi connectivity index (χ1n) is 6.94. The minimum atomic E-state index is 0. The molecule has 0 aliphatic carbocycles. The zero-order valence-corrected chi connectivity index (χ0v) is 12.9. The molecule has 0 radical (unpaired) electrons. The summed E-state index contributed by atoms with van der Waals surface area (Å²) in [6.45, 7) is 7.46. The Hall–Kier alpha value is -0.360. The fraction of sp³-hybridized carbons (Fsp3) is 0.769. The monoisotopic (exact) mass is 302 g/mol. The van der Waals surface area contributed by atoms with Crippen molar-refractivity contribution in [1.29, 1.82) is 0 Å². The maximum atomic E-state index is 5.67. The number of nitrogen functional groups attached to an aromatic ring is 1. The number of likely N-dealkylation sites (tertiary alicyclic amines) is 2. The highest BCUT2D eigenvalue weighted by Crippen LogP contribution is 2.23. The molecule has 2 N–H and O–H groups in total. The van der Waals surface area contributed by atoms with E-state index >= 15 is 0 Å². The lowest BCUT2D eigenvalue weighted by Gasteiger charge is -2.20.